The molecule has 0 unspecified atom stereocenters. The number of rotatable bonds is 6. The topological polar surface area (TPSA) is 56.0 Å². The Kier molecular flexibility index (Phi) is 5.94. The molecule has 0 saturated heterocycles. The van der Waals surface area contributed by atoms with Crippen molar-refractivity contribution < 1.29 is 0 Å². The van der Waals surface area contributed by atoms with Gasteiger partial charge in [-0.1, -0.05) is 48.0 Å². The van der Waals surface area contributed by atoms with Crippen LogP contribution in [0, 0.1) is 20.8 Å². The second-order valence-corrected chi connectivity index (χ2v) is 8.40. The lowest BCUT2D eigenvalue weighted by Gasteiger charge is -2.18. The van der Waals surface area contributed by atoms with Gasteiger partial charge >= 0.3 is 0 Å². The van der Waals surface area contributed by atoms with E-state index in [0.29, 0.717) is 25.1 Å². The second-order valence-electron chi connectivity index (χ2n) is 7.99. The molecule has 7 heteroatoms. The second kappa shape index (κ2) is 8.65. The van der Waals surface area contributed by atoms with E-state index in [4.69, 9.17) is 16.7 Å². The maximum atomic E-state index is 12.9. The van der Waals surface area contributed by atoms with Gasteiger partial charge in [-0.3, -0.25) is 14.4 Å². The quantitative estimate of drug-likeness (QED) is 0.453. The summed E-state index contributed by atoms with van der Waals surface area (Å²) in [5.74, 6) is 0. The van der Waals surface area contributed by atoms with Crippen LogP contribution in [0.2, 0.25) is 5.02 Å². The number of fused-ring (bicyclic) bond motifs is 1. The summed E-state index contributed by atoms with van der Waals surface area (Å²) in [5.41, 5.74) is 5.04. The average molecular weight is 436 g/mol. The van der Waals surface area contributed by atoms with Crippen LogP contribution in [0.1, 0.15) is 28.2 Å². The van der Waals surface area contributed by atoms with E-state index in [9.17, 15) is 4.79 Å². The molecule has 4 rings (SSSR count). The molecule has 0 bridgehead atoms. The standard InChI is InChI=1S/C24H26ClN5O/c1-16-20-10-6-7-11-21(20)24(31)30(27-16)15-28(4)14-22-17(2)26-29(18(22)3)13-19-9-5-8-12-23(19)25/h5-12H,13-15H2,1-4H3. The third kappa shape index (κ3) is 4.27. The van der Waals surface area contributed by atoms with Gasteiger partial charge in [0.25, 0.3) is 5.56 Å². The van der Waals surface area contributed by atoms with Crippen molar-refractivity contribution in [2.75, 3.05) is 7.05 Å². The smallest absolute Gasteiger partial charge is 0.275 e. The van der Waals surface area contributed by atoms with Crippen LogP contribution in [0.15, 0.2) is 53.3 Å². The molecule has 0 atom stereocenters. The van der Waals surface area contributed by atoms with Crippen molar-refractivity contribution >= 4 is 22.4 Å². The van der Waals surface area contributed by atoms with Gasteiger partial charge in [0, 0.05) is 28.2 Å². The summed E-state index contributed by atoms with van der Waals surface area (Å²) in [6, 6.07) is 15.4. The Morgan fingerprint density at radius 1 is 0.903 bits per heavy atom. The van der Waals surface area contributed by atoms with E-state index in [1.165, 1.54) is 4.68 Å². The maximum Gasteiger partial charge on any atom is 0.275 e. The van der Waals surface area contributed by atoms with Gasteiger partial charge < -0.3 is 0 Å². The van der Waals surface area contributed by atoms with Crippen LogP contribution in [-0.2, 0) is 19.8 Å². The van der Waals surface area contributed by atoms with Crippen molar-refractivity contribution in [2.45, 2.75) is 40.5 Å². The molecule has 160 valence electrons. The van der Waals surface area contributed by atoms with Crippen molar-refractivity contribution in [3.05, 3.63) is 92.1 Å². The minimum absolute atomic E-state index is 0.0732. The number of halogens is 1. The number of aromatic nitrogens is 4. The summed E-state index contributed by atoms with van der Waals surface area (Å²) in [5, 5.41) is 11.6. The molecule has 0 saturated carbocycles. The Morgan fingerprint density at radius 2 is 1.55 bits per heavy atom. The predicted molar refractivity (Wildman–Crippen MR) is 124 cm³/mol. The SMILES string of the molecule is Cc1nn(Cc2ccccc2Cl)c(C)c1CN(C)Cn1nc(C)c2ccccc2c1=O. The molecule has 4 aromatic rings. The molecule has 0 spiro atoms. The lowest BCUT2D eigenvalue weighted by Crippen LogP contribution is -2.32. The molecule has 0 aliphatic rings. The fourth-order valence-electron chi connectivity index (χ4n) is 3.95. The minimum atomic E-state index is -0.0732. The van der Waals surface area contributed by atoms with Crippen molar-refractivity contribution in [2.24, 2.45) is 0 Å². The van der Waals surface area contributed by atoms with Gasteiger partial charge in [0.1, 0.15) is 0 Å². The van der Waals surface area contributed by atoms with Crippen molar-refractivity contribution in [3.63, 3.8) is 0 Å². The highest BCUT2D eigenvalue weighted by Crippen LogP contribution is 2.20. The molecule has 0 radical (unpaired) electrons. The normalized spacial score (nSPS) is 11.5. The molecular weight excluding hydrogens is 410 g/mol. The summed E-state index contributed by atoms with van der Waals surface area (Å²) in [6.07, 6.45) is 0. The molecule has 2 heterocycles. The first-order chi connectivity index (χ1) is 14.8. The summed E-state index contributed by atoms with van der Waals surface area (Å²) < 4.78 is 3.53. The molecule has 0 aliphatic heterocycles. The minimum Gasteiger partial charge on any atom is -0.283 e. The van der Waals surface area contributed by atoms with E-state index in [2.05, 4.69) is 16.9 Å². The molecule has 0 aliphatic carbocycles. The summed E-state index contributed by atoms with van der Waals surface area (Å²) >= 11 is 6.33. The van der Waals surface area contributed by atoms with E-state index in [0.717, 1.165) is 38.6 Å². The van der Waals surface area contributed by atoms with Gasteiger partial charge in [-0.15, -0.1) is 0 Å². The fraction of sp³-hybridized carbons (Fsp3) is 0.292. The molecular formula is C24H26ClN5O. The molecule has 2 aromatic carbocycles. The lowest BCUT2D eigenvalue weighted by atomic mass is 10.1. The third-order valence-corrected chi connectivity index (χ3v) is 6.03. The maximum absolute atomic E-state index is 12.9. The van der Waals surface area contributed by atoms with Gasteiger partial charge in [0.15, 0.2) is 0 Å². The number of nitrogens with zero attached hydrogens (tertiary/aromatic N) is 5. The first-order valence-corrected chi connectivity index (χ1v) is 10.6. The molecule has 0 fully saturated rings. The largest absolute Gasteiger partial charge is 0.283 e. The molecule has 2 aromatic heterocycles. The van der Waals surface area contributed by atoms with Gasteiger partial charge in [0.05, 0.1) is 30.0 Å². The fourth-order valence-corrected chi connectivity index (χ4v) is 4.15. The van der Waals surface area contributed by atoms with Crippen LogP contribution in [0.4, 0.5) is 0 Å². The summed E-state index contributed by atoms with van der Waals surface area (Å²) in [7, 11) is 1.99. The summed E-state index contributed by atoms with van der Waals surface area (Å²) in [4.78, 5) is 15.0. The van der Waals surface area contributed by atoms with Crippen LogP contribution in [0.5, 0.6) is 0 Å². The molecule has 0 N–H and O–H groups in total. The highest BCUT2D eigenvalue weighted by atomic mass is 35.5. The Balaban J connectivity index is 1.56. The van der Waals surface area contributed by atoms with E-state index < -0.39 is 0 Å². The number of hydrogen-bond acceptors (Lipinski definition) is 4. The number of hydrogen-bond donors (Lipinski definition) is 0. The van der Waals surface area contributed by atoms with Crippen LogP contribution < -0.4 is 5.56 Å². The highest BCUT2D eigenvalue weighted by molar-refractivity contribution is 6.31. The van der Waals surface area contributed by atoms with Crippen LogP contribution >= 0.6 is 11.6 Å². The number of benzene rings is 2. The van der Waals surface area contributed by atoms with E-state index in [1.807, 2.05) is 74.1 Å². The zero-order valence-electron chi connectivity index (χ0n) is 18.3. The molecule has 31 heavy (non-hydrogen) atoms. The van der Waals surface area contributed by atoms with E-state index in [-0.39, 0.29) is 5.56 Å². The monoisotopic (exact) mass is 435 g/mol. The Labute approximate surface area is 186 Å². The molecule has 6 nitrogen and oxygen atoms in total. The van der Waals surface area contributed by atoms with Gasteiger partial charge in [-0.05, 0) is 45.5 Å². The Bertz CT molecular complexity index is 1310. The summed E-state index contributed by atoms with van der Waals surface area (Å²) in [6.45, 7) is 7.72. The first-order valence-electron chi connectivity index (χ1n) is 10.3. The van der Waals surface area contributed by atoms with Crippen LogP contribution in [0.25, 0.3) is 10.8 Å². The highest BCUT2D eigenvalue weighted by Gasteiger charge is 2.16. The first kappa shape index (κ1) is 21.3. The van der Waals surface area contributed by atoms with Gasteiger partial charge in [0.2, 0.25) is 0 Å². The predicted octanol–water partition coefficient (Wildman–Crippen LogP) is 4.31. The Hall–Kier alpha value is -2.96. The Morgan fingerprint density at radius 3 is 2.29 bits per heavy atom. The van der Waals surface area contributed by atoms with Crippen molar-refractivity contribution in [1.29, 1.82) is 0 Å². The molecule has 0 amide bonds. The van der Waals surface area contributed by atoms with Gasteiger partial charge in [-0.2, -0.15) is 10.2 Å². The zero-order valence-corrected chi connectivity index (χ0v) is 19.0. The van der Waals surface area contributed by atoms with Crippen molar-refractivity contribution in [1.82, 2.24) is 24.5 Å². The van der Waals surface area contributed by atoms with Crippen LogP contribution in [0.3, 0.4) is 0 Å². The van der Waals surface area contributed by atoms with Crippen LogP contribution in [-0.4, -0.2) is 31.5 Å². The van der Waals surface area contributed by atoms with Gasteiger partial charge in [-0.25, -0.2) is 4.68 Å². The number of aryl methyl sites for hydroxylation is 2. The average Bonchev–Trinajstić information content (AvgIpc) is 3.01. The zero-order chi connectivity index (χ0) is 22.1. The third-order valence-electron chi connectivity index (χ3n) is 5.67. The lowest BCUT2D eigenvalue weighted by molar-refractivity contribution is 0.239. The van der Waals surface area contributed by atoms with E-state index in [1.54, 1.807) is 0 Å². The van der Waals surface area contributed by atoms with E-state index >= 15 is 0 Å². The van der Waals surface area contributed by atoms with Crippen molar-refractivity contribution in [3.8, 4) is 0 Å².